The third-order valence-electron chi connectivity index (χ3n) is 4.16. The molecule has 0 saturated carbocycles. The van der Waals surface area contributed by atoms with Crippen LogP contribution in [0.15, 0.2) is 30.6 Å². The molecule has 0 fully saturated rings. The van der Waals surface area contributed by atoms with Crippen LogP contribution in [0, 0.1) is 3.57 Å². The maximum absolute atomic E-state index is 4.71. The van der Waals surface area contributed by atoms with Gasteiger partial charge in [-0.1, -0.05) is 26.7 Å². The summed E-state index contributed by atoms with van der Waals surface area (Å²) in [6.45, 7) is 6.42. The summed E-state index contributed by atoms with van der Waals surface area (Å²) in [5.74, 6) is 2.09. The van der Waals surface area contributed by atoms with E-state index in [1.807, 2.05) is 18.5 Å². The van der Waals surface area contributed by atoms with Crippen molar-refractivity contribution in [1.29, 1.82) is 0 Å². The number of hydrogen-bond donors (Lipinski definition) is 0. The maximum atomic E-state index is 4.71. The highest BCUT2D eigenvalue weighted by Gasteiger charge is 2.31. The third-order valence-corrected chi connectivity index (χ3v) is 5.03. The van der Waals surface area contributed by atoms with Gasteiger partial charge in [-0.15, -0.1) is 0 Å². The monoisotopic (exact) mass is 422 g/mol. The molecule has 0 saturated heterocycles. The Morgan fingerprint density at radius 2 is 1.61 bits per heavy atom. The van der Waals surface area contributed by atoms with E-state index < -0.39 is 0 Å². The molecule has 5 heteroatoms. The van der Waals surface area contributed by atoms with Crippen LogP contribution in [0.25, 0.3) is 0 Å². The summed E-state index contributed by atoms with van der Waals surface area (Å²) in [5.41, 5.74) is 2.44. The van der Waals surface area contributed by atoms with Gasteiger partial charge in [0.15, 0.2) is 11.6 Å². The van der Waals surface area contributed by atoms with E-state index >= 15 is 0 Å². The van der Waals surface area contributed by atoms with Gasteiger partial charge in [-0.05, 0) is 53.6 Å². The average molecular weight is 422 g/mol. The number of hydrogen-bond acceptors (Lipinski definition) is 4. The summed E-state index contributed by atoms with van der Waals surface area (Å²) in [6.07, 6.45) is 8.43. The standard InChI is InChI=1S/C18H23IN4/c1-3-5-12-22-15-8-7-10-20-17(15)23(13-6-4-2)18-16(22)14(19)9-11-21-18/h7-11H,3-6,12-13H2,1-2H3. The second-order valence-electron chi connectivity index (χ2n) is 5.82. The molecule has 2 aromatic rings. The van der Waals surface area contributed by atoms with Crippen molar-refractivity contribution in [2.75, 3.05) is 22.9 Å². The molecule has 0 aliphatic carbocycles. The van der Waals surface area contributed by atoms with E-state index in [9.17, 15) is 0 Å². The number of nitrogens with zero attached hydrogens (tertiary/aromatic N) is 4. The first-order valence-corrected chi connectivity index (χ1v) is 9.50. The van der Waals surface area contributed by atoms with Crippen LogP contribution in [-0.2, 0) is 0 Å². The number of aromatic nitrogens is 2. The first-order chi connectivity index (χ1) is 11.3. The van der Waals surface area contributed by atoms with Gasteiger partial charge in [-0.2, -0.15) is 0 Å². The van der Waals surface area contributed by atoms with Crippen molar-refractivity contribution in [2.24, 2.45) is 0 Å². The fourth-order valence-corrected chi connectivity index (χ4v) is 3.66. The van der Waals surface area contributed by atoms with Crippen LogP contribution < -0.4 is 9.80 Å². The van der Waals surface area contributed by atoms with Crippen LogP contribution in [0.2, 0.25) is 0 Å². The summed E-state index contributed by atoms with van der Waals surface area (Å²) in [5, 5.41) is 0. The molecule has 0 unspecified atom stereocenters. The highest BCUT2D eigenvalue weighted by molar-refractivity contribution is 14.1. The zero-order chi connectivity index (χ0) is 16.2. The number of unbranched alkanes of at least 4 members (excludes halogenated alkanes) is 2. The normalized spacial score (nSPS) is 13.0. The van der Waals surface area contributed by atoms with Crippen LogP contribution in [0.5, 0.6) is 0 Å². The Bertz CT molecular complexity index is 674. The molecular formula is C18H23IN4. The van der Waals surface area contributed by atoms with Gasteiger partial charge in [0.25, 0.3) is 0 Å². The molecule has 0 aromatic carbocycles. The number of rotatable bonds is 6. The summed E-state index contributed by atoms with van der Waals surface area (Å²) >= 11 is 2.43. The average Bonchev–Trinajstić information content (AvgIpc) is 2.58. The fraction of sp³-hybridized carbons (Fsp3) is 0.444. The Kier molecular flexibility index (Phi) is 5.35. The van der Waals surface area contributed by atoms with E-state index in [1.54, 1.807) is 0 Å². The largest absolute Gasteiger partial charge is 0.335 e. The van der Waals surface area contributed by atoms with Crippen LogP contribution in [-0.4, -0.2) is 23.1 Å². The van der Waals surface area contributed by atoms with Gasteiger partial charge in [0.1, 0.15) is 0 Å². The van der Waals surface area contributed by atoms with Gasteiger partial charge < -0.3 is 9.80 Å². The molecule has 122 valence electrons. The SMILES string of the molecule is CCCCN1c2ncccc2N(CCCC)c2c(I)ccnc21. The highest BCUT2D eigenvalue weighted by Crippen LogP contribution is 2.47. The van der Waals surface area contributed by atoms with Crippen molar-refractivity contribution in [3.8, 4) is 0 Å². The van der Waals surface area contributed by atoms with Crippen LogP contribution >= 0.6 is 22.6 Å². The molecule has 0 bridgehead atoms. The molecule has 2 aromatic heterocycles. The van der Waals surface area contributed by atoms with E-state index in [-0.39, 0.29) is 0 Å². The molecule has 0 amide bonds. The lowest BCUT2D eigenvalue weighted by Gasteiger charge is -2.39. The summed E-state index contributed by atoms with van der Waals surface area (Å²) in [6, 6.07) is 6.31. The Morgan fingerprint density at radius 3 is 2.35 bits per heavy atom. The second kappa shape index (κ2) is 7.47. The van der Waals surface area contributed by atoms with Gasteiger partial charge in [0, 0.05) is 29.1 Å². The summed E-state index contributed by atoms with van der Waals surface area (Å²) in [7, 11) is 0. The van der Waals surface area contributed by atoms with Crippen molar-refractivity contribution in [3.63, 3.8) is 0 Å². The smallest absolute Gasteiger partial charge is 0.159 e. The quantitative estimate of drug-likeness (QED) is 0.594. The van der Waals surface area contributed by atoms with Crippen molar-refractivity contribution in [1.82, 2.24) is 9.97 Å². The molecule has 0 radical (unpaired) electrons. The first-order valence-electron chi connectivity index (χ1n) is 8.42. The number of fused-ring (bicyclic) bond motifs is 2. The Hall–Kier alpha value is -1.37. The molecule has 0 atom stereocenters. The predicted octanol–water partition coefficient (Wildman–Crippen LogP) is 5.27. The van der Waals surface area contributed by atoms with Crippen LogP contribution in [0.4, 0.5) is 23.0 Å². The molecule has 0 spiro atoms. The first kappa shape index (κ1) is 16.5. The third kappa shape index (κ3) is 3.16. The lowest BCUT2D eigenvalue weighted by molar-refractivity contribution is 0.746. The van der Waals surface area contributed by atoms with Gasteiger partial charge in [-0.3, -0.25) is 0 Å². The minimum Gasteiger partial charge on any atom is -0.335 e. The molecule has 3 heterocycles. The van der Waals surface area contributed by atoms with E-state index in [4.69, 9.17) is 4.98 Å². The maximum Gasteiger partial charge on any atom is 0.159 e. The zero-order valence-corrected chi connectivity index (χ0v) is 16.0. The summed E-state index contributed by atoms with van der Waals surface area (Å²) in [4.78, 5) is 14.1. The lowest BCUT2D eigenvalue weighted by atomic mass is 10.1. The van der Waals surface area contributed by atoms with Gasteiger partial charge >= 0.3 is 0 Å². The second-order valence-corrected chi connectivity index (χ2v) is 6.98. The number of pyridine rings is 2. The van der Waals surface area contributed by atoms with Crippen LogP contribution in [0.1, 0.15) is 39.5 Å². The van der Waals surface area contributed by atoms with Gasteiger partial charge in [-0.25, -0.2) is 9.97 Å². The fourth-order valence-electron chi connectivity index (χ4n) is 2.97. The summed E-state index contributed by atoms with van der Waals surface area (Å²) < 4.78 is 1.25. The van der Waals surface area contributed by atoms with E-state index in [2.05, 4.69) is 63.4 Å². The minimum absolute atomic E-state index is 0.961. The van der Waals surface area contributed by atoms with Gasteiger partial charge in [0.05, 0.1) is 11.4 Å². The highest BCUT2D eigenvalue weighted by atomic mass is 127. The Morgan fingerprint density at radius 1 is 0.913 bits per heavy atom. The predicted molar refractivity (Wildman–Crippen MR) is 105 cm³/mol. The molecule has 3 rings (SSSR count). The minimum atomic E-state index is 0.961. The van der Waals surface area contributed by atoms with Crippen LogP contribution in [0.3, 0.4) is 0 Å². The molecule has 1 aliphatic heterocycles. The number of anilines is 4. The molecule has 1 aliphatic rings. The van der Waals surface area contributed by atoms with Crippen molar-refractivity contribution < 1.29 is 0 Å². The van der Waals surface area contributed by atoms with E-state index in [0.29, 0.717) is 0 Å². The zero-order valence-electron chi connectivity index (χ0n) is 13.8. The Labute approximate surface area is 152 Å². The molecular weight excluding hydrogens is 399 g/mol. The van der Waals surface area contributed by atoms with Gasteiger partial charge in [0.2, 0.25) is 0 Å². The number of halogens is 1. The lowest BCUT2D eigenvalue weighted by Crippen LogP contribution is -2.33. The molecule has 23 heavy (non-hydrogen) atoms. The topological polar surface area (TPSA) is 32.3 Å². The van der Waals surface area contributed by atoms with E-state index in [1.165, 1.54) is 21.4 Å². The molecule has 0 N–H and O–H groups in total. The van der Waals surface area contributed by atoms with Crippen molar-refractivity contribution in [2.45, 2.75) is 39.5 Å². The van der Waals surface area contributed by atoms with E-state index in [0.717, 1.165) is 44.0 Å². The van der Waals surface area contributed by atoms with Crippen molar-refractivity contribution in [3.05, 3.63) is 34.2 Å². The molecule has 4 nitrogen and oxygen atoms in total. The Balaban J connectivity index is 2.12. The van der Waals surface area contributed by atoms with Crippen molar-refractivity contribution >= 4 is 45.6 Å².